The number of pyridine rings is 3. The van der Waals surface area contributed by atoms with Gasteiger partial charge in [-0.3, -0.25) is 24.0 Å². The second-order valence-corrected chi connectivity index (χ2v) is 10.5. The summed E-state index contributed by atoms with van der Waals surface area (Å²) in [7, 11) is 0. The molecular weight excluding hydrogens is 579 g/mol. The molecule has 1 amide bonds. The van der Waals surface area contributed by atoms with Crippen LogP contribution in [0, 0.1) is 12.7 Å². The van der Waals surface area contributed by atoms with Crippen LogP contribution < -0.4 is 10.5 Å². The quantitative estimate of drug-likeness (QED) is 0.193. The van der Waals surface area contributed by atoms with E-state index in [1.807, 2.05) is 0 Å². The Hall–Kier alpha value is -3.34. The fourth-order valence-corrected chi connectivity index (χ4v) is 3.97. The molecule has 0 spiro atoms. The first-order valence-corrected chi connectivity index (χ1v) is 12.6. The minimum absolute atomic E-state index is 0.0928. The largest absolute Gasteiger partial charge is 0.486 e. The minimum atomic E-state index is -1.35. The molecule has 1 N–H and O–H groups in total. The number of amides is 1. The fourth-order valence-electron chi connectivity index (χ4n) is 3.56. The van der Waals surface area contributed by atoms with Gasteiger partial charge in [0.15, 0.2) is 0 Å². The number of ether oxygens (including phenoxy) is 1. The Bertz CT molecular complexity index is 1480. The zero-order valence-electron chi connectivity index (χ0n) is 21.5. The van der Waals surface area contributed by atoms with Gasteiger partial charge in [-0.05, 0) is 74.3 Å². The predicted molar refractivity (Wildman–Crippen MR) is 147 cm³/mol. The summed E-state index contributed by atoms with van der Waals surface area (Å²) in [6.07, 6.45) is 6.70. The van der Waals surface area contributed by atoms with E-state index < -0.39 is 17.0 Å². The average Bonchev–Trinajstić information content (AvgIpc) is 2.83. The number of halogens is 3. The molecule has 0 aliphatic heterocycles. The first-order valence-electron chi connectivity index (χ1n) is 11.5. The van der Waals surface area contributed by atoms with Crippen molar-refractivity contribution >= 4 is 39.6 Å². The van der Waals surface area contributed by atoms with Gasteiger partial charge in [0.25, 0.3) is 5.56 Å². The highest BCUT2D eigenvalue weighted by Crippen LogP contribution is 2.26. The van der Waals surface area contributed by atoms with E-state index in [0.717, 1.165) is 0 Å². The van der Waals surface area contributed by atoms with Crippen molar-refractivity contribution in [3.63, 3.8) is 0 Å². The molecule has 3 aromatic rings. The number of carbonyl (C=O) groups is 1. The van der Waals surface area contributed by atoms with Crippen molar-refractivity contribution in [3.05, 3.63) is 103 Å². The van der Waals surface area contributed by atoms with Gasteiger partial charge in [-0.2, -0.15) is 0 Å². The normalized spacial score (nSPS) is 12.7. The van der Waals surface area contributed by atoms with Crippen LogP contribution in [0.2, 0.25) is 0 Å². The maximum Gasteiger partial charge on any atom is 0.262 e. The third-order valence-electron chi connectivity index (χ3n) is 5.59. The smallest absolute Gasteiger partial charge is 0.262 e. The van der Waals surface area contributed by atoms with Crippen LogP contribution in [0.4, 0.5) is 10.1 Å². The molecule has 11 heteroatoms. The predicted octanol–water partition coefficient (Wildman–Crippen LogP) is 5.62. The molecule has 3 aromatic heterocycles. The Balaban J connectivity index is 1.97. The lowest BCUT2D eigenvalue weighted by molar-refractivity contribution is -0.107. The van der Waals surface area contributed by atoms with Gasteiger partial charge in [-0.1, -0.05) is 11.6 Å². The van der Waals surface area contributed by atoms with E-state index in [1.54, 1.807) is 51.2 Å². The highest BCUT2D eigenvalue weighted by atomic mass is 79.9. The lowest BCUT2D eigenvalue weighted by Gasteiger charge is -2.22. The van der Waals surface area contributed by atoms with Gasteiger partial charge in [0.1, 0.15) is 29.7 Å². The lowest BCUT2D eigenvalue weighted by atomic mass is 10.0. The summed E-state index contributed by atoms with van der Waals surface area (Å²) < 4.78 is 21.7. The Morgan fingerprint density at radius 1 is 1.29 bits per heavy atom. The molecule has 0 bridgehead atoms. The van der Waals surface area contributed by atoms with E-state index >= 15 is 0 Å². The van der Waals surface area contributed by atoms with Gasteiger partial charge in [-0.15, -0.1) is 0 Å². The number of rotatable bonds is 9. The van der Waals surface area contributed by atoms with Gasteiger partial charge in [0.05, 0.1) is 16.3 Å². The molecule has 200 valence electrons. The third kappa shape index (κ3) is 6.75. The molecule has 0 aliphatic rings. The molecule has 0 radical (unpaired) electrons. The summed E-state index contributed by atoms with van der Waals surface area (Å²) in [4.78, 5) is 35.0. The van der Waals surface area contributed by atoms with Crippen molar-refractivity contribution in [1.82, 2.24) is 14.5 Å². The van der Waals surface area contributed by atoms with E-state index in [0.29, 0.717) is 27.8 Å². The molecule has 0 atom stereocenters. The lowest BCUT2D eigenvalue weighted by Crippen LogP contribution is -2.31. The summed E-state index contributed by atoms with van der Waals surface area (Å²) in [6.45, 7) is 7.93. The molecular formula is C27H27BrClFN4O4. The van der Waals surface area contributed by atoms with E-state index in [4.69, 9.17) is 16.3 Å². The van der Waals surface area contributed by atoms with Crippen molar-refractivity contribution in [1.29, 1.82) is 0 Å². The SMILES string of the molecule is C/C(=C/C(OCc1ncc(Br)cc1F)=C(\C)Cl)N(C=O)c1cc(-n2cccc(C(C)(C)O)c2=O)ncc1C. The van der Waals surface area contributed by atoms with E-state index in [1.165, 1.54) is 41.8 Å². The summed E-state index contributed by atoms with van der Waals surface area (Å²) in [5, 5.41) is 10.6. The number of carbonyl (C=O) groups excluding carboxylic acids is 1. The van der Waals surface area contributed by atoms with Gasteiger partial charge in [0.2, 0.25) is 6.41 Å². The molecule has 0 unspecified atom stereocenters. The van der Waals surface area contributed by atoms with E-state index in [9.17, 15) is 19.1 Å². The number of anilines is 1. The molecule has 3 heterocycles. The van der Waals surface area contributed by atoms with Gasteiger partial charge in [-0.25, -0.2) is 9.37 Å². The van der Waals surface area contributed by atoms with Crippen LogP contribution in [0.25, 0.3) is 5.82 Å². The number of aromatic nitrogens is 3. The van der Waals surface area contributed by atoms with Gasteiger partial charge < -0.3 is 9.84 Å². The zero-order valence-corrected chi connectivity index (χ0v) is 23.8. The standard InChI is InChI=1S/C27H27BrClFN4O4/c1-16-12-32-25(33-8-6-7-20(26(33)36)27(4,5)37)11-23(16)34(15-35)17(2)9-24(18(3)29)38-14-22-21(30)10-19(28)13-31-22/h6-13,15,37H,14H2,1-5H3/b17-9-,24-18-. The monoisotopic (exact) mass is 604 g/mol. The molecule has 0 saturated heterocycles. The van der Waals surface area contributed by atoms with E-state index in [-0.39, 0.29) is 34.5 Å². The molecule has 0 saturated carbocycles. The number of allylic oxidation sites excluding steroid dienone is 3. The Morgan fingerprint density at radius 2 is 2.00 bits per heavy atom. The molecule has 3 rings (SSSR count). The average molecular weight is 606 g/mol. The topological polar surface area (TPSA) is 97.5 Å². The highest BCUT2D eigenvalue weighted by molar-refractivity contribution is 9.10. The number of hydrogen-bond acceptors (Lipinski definition) is 6. The van der Waals surface area contributed by atoms with Crippen molar-refractivity contribution in [2.45, 2.75) is 46.8 Å². The summed E-state index contributed by atoms with van der Waals surface area (Å²) in [5.74, 6) is -0.0511. The van der Waals surface area contributed by atoms with Gasteiger partial charge >= 0.3 is 0 Å². The van der Waals surface area contributed by atoms with Gasteiger partial charge in [0, 0.05) is 46.5 Å². The van der Waals surface area contributed by atoms with Crippen molar-refractivity contribution in [3.8, 4) is 5.82 Å². The van der Waals surface area contributed by atoms with Crippen LogP contribution in [0.1, 0.15) is 44.5 Å². The number of aliphatic hydroxyl groups is 1. The summed E-state index contributed by atoms with van der Waals surface area (Å²) in [6, 6.07) is 6.07. The Labute approximate surface area is 233 Å². The molecule has 0 fully saturated rings. The molecule has 8 nitrogen and oxygen atoms in total. The third-order valence-corrected chi connectivity index (χ3v) is 6.21. The van der Waals surface area contributed by atoms with Crippen LogP contribution in [-0.4, -0.2) is 26.1 Å². The van der Waals surface area contributed by atoms with E-state index in [2.05, 4.69) is 25.9 Å². The van der Waals surface area contributed by atoms with Crippen molar-refractivity contribution in [2.75, 3.05) is 4.90 Å². The van der Waals surface area contributed by atoms with Crippen LogP contribution >= 0.6 is 27.5 Å². The van der Waals surface area contributed by atoms with Crippen molar-refractivity contribution < 1.29 is 19.0 Å². The van der Waals surface area contributed by atoms with Crippen LogP contribution in [0.3, 0.4) is 0 Å². The van der Waals surface area contributed by atoms with Crippen LogP contribution in [0.15, 0.2) is 74.7 Å². The molecule has 38 heavy (non-hydrogen) atoms. The Kier molecular flexibility index (Phi) is 9.24. The number of hydrogen-bond donors (Lipinski definition) is 1. The second kappa shape index (κ2) is 12.0. The zero-order chi connectivity index (χ0) is 28.2. The van der Waals surface area contributed by atoms with Crippen molar-refractivity contribution in [2.24, 2.45) is 0 Å². The van der Waals surface area contributed by atoms with Crippen LogP contribution in [-0.2, 0) is 21.7 Å². The number of nitrogens with zero attached hydrogens (tertiary/aromatic N) is 4. The highest BCUT2D eigenvalue weighted by Gasteiger charge is 2.22. The fraction of sp³-hybridized carbons (Fsp3) is 0.259. The summed E-state index contributed by atoms with van der Waals surface area (Å²) >= 11 is 9.40. The number of aryl methyl sites for hydroxylation is 1. The maximum absolute atomic E-state index is 14.2. The second-order valence-electron chi connectivity index (χ2n) is 9.01. The molecule has 0 aliphatic carbocycles. The summed E-state index contributed by atoms with van der Waals surface area (Å²) in [5.41, 5.74) is 0.0821. The maximum atomic E-state index is 14.2. The van der Waals surface area contributed by atoms with Crippen LogP contribution in [0.5, 0.6) is 0 Å². The minimum Gasteiger partial charge on any atom is -0.486 e. The Morgan fingerprint density at radius 3 is 2.61 bits per heavy atom. The first kappa shape index (κ1) is 29.2. The first-order chi connectivity index (χ1) is 17.8. The molecule has 0 aromatic carbocycles.